The molecule has 26 heavy (non-hydrogen) atoms. The molecule has 1 saturated carbocycles. The van der Waals surface area contributed by atoms with Crippen molar-refractivity contribution in [2.45, 2.75) is 85.4 Å². The van der Waals surface area contributed by atoms with E-state index in [9.17, 15) is 9.59 Å². The Bertz CT molecular complexity index is 620. The van der Waals surface area contributed by atoms with Gasteiger partial charge in [0, 0.05) is 6.42 Å². The lowest BCUT2D eigenvalue weighted by atomic mass is 9.81. The van der Waals surface area contributed by atoms with Gasteiger partial charge >= 0.3 is 12.0 Å². The molecule has 6 nitrogen and oxygen atoms in total. The standard InChI is InChI=1S/C20H32O6/c1-12(2)14(4)23-19(21)25-17-8-6-16(7-9-17)10-13(3)11-18-15(5)24-20(22)26-18/h12-14,16-17H,6-11H2,1-5H3/t13-,14?,16?,17?/m0/s1. The van der Waals surface area contributed by atoms with Crippen LogP contribution in [0.2, 0.25) is 0 Å². The van der Waals surface area contributed by atoms with E-state index in [1.807, 2.05) is 20.8 Å². The predicted molar refractivity (Wildman–Crippen MR) is 97.1 cm³/mol. The van der Waals surface area contributed by atoms with Gasteiger partial charge in [0.2, 0.25) is 0 Å². The van der Waals surface area contributed by atoms with Crippen LogP contribution >= 0.6 is 0 Å². The van der Waals surface area contributed by atoms with E-state index in [-0.39, 0.29) is 18.1 Å². The van der Waals surface area contributed by atoms with Crippen LogP contribution < -0.4 is 5.82 Å². The molecule has 0 N–H and O–H groups in total. The summed E-state index contributed by atoms with van der Waals surface area (Å²) in [4.78, 5) is 23.0. The quantitative estimate of drug-likeness (QED) is 0.639. The van der Waals surface area contributed by atoms with E-state index < -0.39 is 12.0 Å². The van der Waals surface area contributed by atoms with E-state index in [0.717, 1.165) is 32.1 Å². The number of hydrogen-bond acceptors (Lipinski definition) is 6. The minimum atomic E-state index is -0.624. The molecule has 2 atom stereocenters. The Kier molecular flexibility index (Phi) is 7.35. The highest BCUT2D eigenvalue weighted by Gasteiger charge is 2.27. The minimum absolute atomic E-state index is 0.0393. The molecule has 0 bridgehead atoms. The van der Waals surface area contributed by atoms with Crippen LogP contribution in [0.1, 0.15) is 71.3 Å². The second-order valence-corrected chi connectivity index (χ2v) is 8.06. The van der Waals surface area contributed by atoms with Gasteiger partial charge in [0.05, 0.1) is 0 Å². The van der Waals surface area contributed by atoms with Crippen LogP contribution in [-0.2, 0) is 15.9 Å². The van der Waals surface area contributed by atoms with E-state index in [1.54, 1.807) is 6.92 Å². The molecular formula is C20H32O6. The molecule has 0 amide bonds. The Hall–Kier alpha value is -1.72. The highest BCUT2D eigenvalue weighted by molar-refractivity contribution is 5.60. The monoisotopic (exact) mass is 368 g/mol. The summed E-state index contributed by atoms with van der Waals surface area (Å²) in [5, 5.41) is 0. The summed E-state index contributed by atoms with van der Waals surface area (Å²) in [6.07, 6.45) is 4.89. The van der Waals surface area contributed by atoms with E-state index in [4.69, 9.17) is 18.3 Å². The third-order valence-electron chi connectivity index (χ3n) is 5.38. The Morgan fingerprint density at radius 3 is 2.31 bits per heavy atom. The summed E-state index contributed by atoms with van der Waals surface area (Å²) < 4.78 is 20.7. The second kappa shape index (κ2) is 9.28. The molecule has 6 heteroatoms. The SMILES string of the molecule is Cc1oc(=O)oc1C[C@@H](C)CC1CCC(OC(=O)OC(C)C(C)C)CC1. The van der Waals surface area contributed by atoms with E-state index in [2.05, 4.69) is 6.92 Å². The van der Waals surface area contributed by atoms with Crippen LogP contribution in [-0.4, -0.2) is 18.4 Å². The van der Waals surface area contributed by atoms with Crippen LogP contribution in [0.15, 0.2) is 13.6 Å². The summed E-state index contributed by atoms with van der Waals surface area (Å²) in [5.74, 6) is 1.90. The fourth-order valence-electron chi connectivity index (χ4n) is 3.47. The topological polar surface area (TPSA) is 78.9 Å². The molecule has 1 aliphatic carbocycles. The number of carbonyl (C=O) groups is 1. The van der Waals surface area contributed by atoms with Crippen molar-refractivity contribution in [1.82, 2.24) is 0 Å². The Morgan fingerprint density at radius 2 is 1.77 bits per heavy atom. The average molecular weight is 368 g/mol. The predicted octanol–water partition coefficient (Wildman–Crippen LogP) is 4.87. The summed E-state index contributed by atoms with van der Waals surface area (Å²) >= 11 is 0. The van der Waals surface area contributed by atoms with E-state index in [0.29, 0.717) is 29.8 Å². The molecule has 0 radical (unpaired) electrons. The maximum absolute atomic E-state index is 11.8. The van der Waals surface area contributed by atoms with Crippen molar-refractivity contribution in [1.29, 1.82) is 0 Å². The van der Waals surface area contributed by atoms with Gasteiger partial charge in [-0.2, -0.15) is 0 Å². The van der Waals surface area contributed by atoms with Gasteiger partial charge in [0.25, 0.3) is 0 Å². The fourth-order valence-corrected chi connectivity index (χ4v) is 3.47. The van der Waals surface area contributed by atoms with Gasteiger partial charge in [-0.1, -0.05) is 20.8 Å². The summed E-state index contributed by atoms with van der Waals surface area (Å²) in [6.45, 7) is 9.84. The maximum atomic E-state index is 11.8. The van der Waals surface area contributed by atoms with Gasteiger partial charge in [-0.3, -0.25) is 0 Å². The third-order valence-corrected chi connectivity index (χ3v) is 5.38. The molecule has 0 aliphatic heterocycles. The summed E-state index contributed by atoms with van der Waals surface area (Å²) in [5.41, 5.74) is 0. The minimum Gasteiger partial charge on any atom is -0.431 e. The van der Waals surface area contributed by atoms with Gasteiger partial charge < -0.3 is 18.3 Å². The molecule has 0 aromatic carbocycles. The lowest BCUT2D eigenvalue weighted by Crippen LogP contribution is -2.28. The molecular weight excluding hydrogens is 336 g/mol. The van der Waals surface area contributed by atoms with Crippen LogP contribution in [0.3, 0.4) is 0 Å². The number of carbonyl (C=O) groups excluding carboxylic acids is 1. The van der Waals surface area contributed by atoms with Crippen molar-refractivity contribution >= 4 is 6.16 Å². The van der Waals surface area contributed by atoms with Crippen molar-refractivity contribution < 1.29 is 23.1 Å². The van der Waals surface area contributed by atoms with Crippen molar-refractivity contribution in [3.63, 3.8) is 0 Å². The number of aryl methyl sites for hydroxylation is 1. The second-order valence-electron chi connectivity index (χ2n) is 8.06. The zero-order valence-corrected chi connectivity index (χ0v) is 16.6. The highest BCUT2D eigenvalue weighted by atomic mass is 16.7. The summed E-state index contributed by atoms with van der Waals surface area (Å²) in [6, 6.07) is 0. The van der Waals surface area contributed by atoms with Gasteiger partial charge in [0.15, 0.2) is 0 Å². The Labute approximate surface area is 155 Å². The first-order chi connectivity index (χ1) is 12.2. The molecule has 1 aliphatic rings. The van der Waals surface area contributed by atoms with Crippen LogP contribution in [0.4, 0.5) is 4.79 Å². The molecule has 1 aromatic rings. The first-order valence-corrected chi connectivity index (χ1v) is 9.71. The smallest absolute Gasteiger partial charge is 0.431 e. The van der Waals surface area contributed by atoms with Gasteiger partial charge in [-0.25, -0.2) is 9.59 Å². The molecule has 1 aromatic heterocycles. The summed E-state index contributed by atoms with van der Waals surface area (Å²) in [7, 11) is 0. The zero-order chi connectivity index (χ0) is 19.3. The Balaban J connectivity index is 1.70. The Morgan fingerprint density at radius 1 is 1.12 bits per heavy atom. The van der Waals surface area contributed by atoms with Crippen LogP contribution in [0.25, 0.3) is 0 Å². The molecule has 1 fully saturated rings. The van der Waals surface area contributed by atoms with Crippen molar-refractivity contribution in [2.75, 3.05) is 0 Å². The van der Waals surface area contributed by atoms with Crippen molar-refractivity contribution in [3.05, 3.63) is 22.1 Å². The largest absolute Gasteiger partial charge is 0.519 e. The van der Waals surface area contributed by atoms with E-state index >= 15 is 0 Å². The molecule has 1 unspecified atom stereocenters. The molecule has 0 saturated heterocycles. The van der Waals surface area contributed by atoms with Crippen LogP contribution in [0, 0.1) is 24.7 Å². The first kappa shape index (κ1) is 20.6. The van der Waals surface area contributed by atoms with Gasteiger partial charge in [0.1, 0.15) is 23.7 Å². The lowest BCUT2D eigenvalue weighted by molar-refractivity contribution is -0.0212. The van der Waals surface area contributed by atoms with Crippen molar-refractivity contribution in [3.8, 4) is 0 Å². The molecule has 0 spiro atoms. The highest BCUT2D eigenvalue weighted by Crippen LogP contribution is 2.32. The molecule has 148 valence electrons. The number of rotatable bonds is 7. The average Bonchev–Trinajstić information content (AvgIpc) is 2.86. The first-order valence-electron chi connectivity index (χ1n) is 9.71. The van der Waals surface area contributed by atoms with Crippen LogP contribution in [0.5, 0.6) is 0 Å². The molecule has 2 rings (SSSR count). The third kappa shape index (κ3) is 6.22. The van der Waals surface area contributed by atoms with E-state index in [1.165, 1.54) is 0 Å². The fraction of sp³-hybridized carbons (Fsp3) is 0.800. The lowest BCUT2D eigenvalue weighted by Gasteiger charge is -2.30. The zero-order valence-electron chi connectivity index (χ0n) is 16.6. The normalized spacial score (nSPS) is 22.8. The van der Waals surface area contributed by atoms with Crippen molar-refractivity contribution in [2.24, 2.45) is 17.8 Å². The van der Waals surface area contributed by atoms with Gasteiger partial charge in [-0.05, 0) is 63.7 Å². The van der Waals surface area contributed by atoms with Gasteiger partial charge in [-0.15, -0.1) is 0 Å². The number of ether oxygens (including phenoxy) is 2. The number of hydrogen-bond donors (Lipinski definition) is 0. The maximum Gasteiger partial charge on any atom is 0.519 e. The molecule has 1 heterocycles.